The Morgan fingerprint density at radius 2 is 0.889 bits per heavy atom. The second-order valence-electron chi connectivity index (χ2n) is 6.12. The fourth-order valence-electron chi connectivity index (χ4n) is 1.84. The Morgan fingerprint density at radius 3 is 1.22 bits per heavy atom. The van der Waals surface area contributed by atoms with Crippen molar-refractivity contribution in [3.05, 3.63) is 38.0 Å². The molecule has 0 aliphatic carbocycles. The van der Waals surface area contributed by atoms with Gasteiger partial charge in [-0.1, -0.05) is 19.7 Å². The van der Waals surface area contributed by atoms with Crippen molar-refractivity contribution in [3.8, 4) is 0 Å². The van der Waals surface area contributed by atoms with E-state index in [9.17, 15) is 28.8 Å². The molecule has 3 amide bonds. The van der Waals surface area contributed by atoms with E-state index >= 15 is 0 Å². The van der Waals surface area contributed by atoms with Gasteiger partial charge in [-0.25, -0.2) is 28.8 Å². The van der Waals surface area contributed by atoms with E-state index in [-0.39, 0.29) is 39.5 Å². The quantitative estimate of drug-likeness (QED) is 0.0994. The van der Waals surface area contributed by atoms with Crippen LogP contribution in [-0.4, -0.2) is 95.0 Å². The summed E-state index contributed by atoms with van der Waals surface area (Å²) in [5.41, 5.74) is 0. The molecule has 0 spiro atoms. The van der Waals surface area contributed by atoms with Gasteiger partial charge in [0, 0.05) is 18.2 Å². The molecular formula is C21H29N3O12. The zero-order valence-electron chi connectivity index (χ0n) is 19.5. The van der Waals surface area contributed by atoms with E-state index in [1.54, 1.807) is 0 Å². The number of esters is 3. The van der Waals surface area contributed by atoms with Gasteiger partial charge in [-0.05, 0) is 0 Å². The summed E-state index contributed by atoms with van der Waals surface area (Å²) in [6, 6.07) is 0. The first kappa shape index (κ1) is 31.4. The Balaban J connectivity index is 4.57. The molecule has 0 aliphatic heterocycles. The maximum Gasteiger partial charge on any atom is 0.407 e. The standard InChI is InChI=1S/C21H29N3O12/c1-4-16(25)31-10-7-22-19(28)34-13-15(36-21(30)24-9-12-33-18(27)6-3)14-35-20(29)23-8-11-32-17(26)5-2/h4-6,15H,1-3,7-14H2,(H,22,28)(H,23,29)(H,24,30). The molecule has 36 heavy (non-hydrogen) atoms. The lowest BCUT2D eigenvalue weighted by Crippen LogP contribution is -2.39. The number of amides is 3. The van der Waals surface area contributed by atoms with Gasteiger partial charge >= 0.3 is 36.2 Å². The summed E-state index contributed by atoms with van der Waals surface area (Å²) in [6.45, 7) is 7.98. The van der Waals surface area contributed by atoms with Crippen LogP contribution in [0.4, 0.5) is 14.4 Å². The molecule has 0 heterocycles. The Bertz CT molecular complexity index is 755. The summed E-state index contributed by atoms with van der Waals surface area (Å²) in [7, 11) is 0. The van der Waals surface area contributed by atoms with Gasteiger partial charge < -0.3 is 44.4 Å². The van der Waals surface area contributed by atoms with Crippen LogP contribution >= 0.6 is 0 Å². The average molecular weight is 515 g/mol. The van der Waals surface area contributed by atoms with Crippen LogP contribution < -0.4 is 16.0 Å². The van der Waals surface area contributed by atoms with Crippen molar-refractivity contribution in [2.45, 2.75) is 6.10 Å². The topological polar surface area (TPSA) is 194 Å². The lowest BCUT2D eigenvalue weighted by molar-refractivity contribution is -0.138. The van der Waals surface area contributed by atoms with Crippen molar-refractivity contribution in [1.29, 1.82) is 0 Å². The van der Waals surface area contributed by atoms with Crippen molar-refractivity contribution < 1.29 is 57.2 Å². The zero-order valence-corrected chi connectivity index (χ0v) is 19.5. The van der Waals surface area contributed by atoms with Crippen LogP contribution in [0.2, 0.25) is 0 Å². The number of rotatable bonds is 17. The summed E-state index contributed by atoms with van der Waals surface area (Å²) < 4.78 is 28.9. The molecule has 0 aromatic carbocycles. The smallest absolute Gasteiger partial charge is 0.407 e. The zero-order chi connectivity index (χ0) is 27.2. The Hall–Kier alpha value is -4.56. The predicted octanol–water partition coefficient (Wildman–Crippen LogP) is -0.279. The number of hydrogen-bond donors (Lipinski definition) is 3. The van der Waals surface area contributed by atoms with Crippen LogP contribution in [0.25, 0.3) is 0 Å². The molecule has 0 bridgehead atoms. The lowest BCUT2D eigenvalue weighted by atomic mass is 10.4. The van der Waals surface area contributed by atoms with Crippen molar-refractivity contribution >= 4 is 36.2 Å². The molecule has 0 aliphatic rings. The first-order valence-electron chi connectivity index (χ1n) is 10.3. The van der Waals surface area contributed by atoms with E-state index in [1.165, 1.54) is 0 Å². The Morgan fingerprint density at radius 1 is 0.556 bits per heavy atom. The van der Waals surface area contributed by atoms with E-state index in [2.05, 4.69) is 49.9 Å². The summed E-state index contributed by atoms with van der Waals surface area (Å²) in [5.74, 6) is -2.02. The molecule has 200 valence electrons. The molecule has 0 unspecified atom stereocenters. The maximum absolute atomic E-state index is 11.9. The van der Waals surface area contributed by atoms with Crippen LogP contribution in [0.15, 0.2) is 38.0 Å². The van der Waals surface area contributed by atoms with Crippen LogP contribution in [0, 0.1) is 0 Å². The summed E-state index contributed by atoms with van der Waals surface area (Å²) in [4.78, 5) is 68.3. The molecule has 0 fully saturated rings. The van der Waals surface area contributed by atoms with Gasteiger partial charge in [0.05, 0.1) is 19.6 Å². The number of alkyl carbamates (subject to hydrolysis) is 3. The van der Waals surface area contributed by atoms with Gasteiger partial charge in [-0.15, -0.1) is 0 Å². The highest BCUT2D eigenvalue weighted by atomic mass is 16.6. The third-order valence-electron chi connectivity index (χ3n) is 3.42. The van der Waals surface area contributed by atoms with Crippen LogP contribution in [0.1, 0.15) is 0 Å². The monoisotopic (exact) mass is 515 g/mol. The molecule has 0 radical (unpaired) electrons. The number of nitrogens with one attached hydrogen (secondary N) is 3. The number of hydrogen-bond acceptors (Lipinski definition) is 12. The highest BCUT2D eigenvalue weighted by Gasteiger charge is 2.19. The lowest BCUT2D eigenvalue weighted by Gasteiger charge is -2.18. The molecule has 0 saturated heterocycles. The van der Waals surface area contributed by atoms with E-state index < -0.39 is 55.5 Å². The fourth-order valence-corrected chi connectivity index (χ4v) is 1.84. The third-order valence-corrected chi connectivity index (χ3v) is 3.42. The molecule has 15 heteroatoms. The van der Waals surface area contributed by atoms with Gasteiger partial charge in [0.25, 0.3) is 0 Å². The number of ether oxygens (including phenoxy) is 6. The van der Waals surface area contributed by atoms with Gasteiger partial charge in [0.15, 0.2) is 6.10 Å². The number of carbonyl (C=O) groups is 6. The van der Waals surface area contributed by atoms with Crippen LogP contribution in [0.3, 0.4) is 0 Å². The van der Waals surface area contributed by atoms with E-state index in [0.717, 1.165) is 18.2 Å². The van der Waals surface area contributed by atoms with Crippen LogP contribution in [-0.2, 0) is 42.8 Å². The average Bonchev–Trinajstić information content (AvgIpc) is 2.87. The van der Waals surface area contributed by atoms with Gasteiger partial charge in [0.2, 0.25) is 0 Å². The van der Waals surface area contributed by atoms with Crippen molar-refractivity contribution in [3.63, 3.8) is 0 Å². The largest absolute Gasteiger partial charge is 0.461 e. The maximum atomic E-state index is 11.9. The van der Waals surface area contributed by atoms with E-state index in [4.69, 9.17) is 14.2 Å². The molecule has 0 saturated carbocycles. The minimum absolute atomic E-state index is 0.0663. The SMILES string of the molecule is C=CC(=O)OCCNC(=O)OCC(COC(=O)NCCOC(=O)C=C)OC(=O)NCCOC(=O)C=C. The minimum atomic E-state index is -1.23. The van der Waals surface area contributed by atoms with Crippen molar-refractivity contribution in [2.75, 3.05) is 52.7 Å². The highest BCUT2D eigenvalue weighted by Crippen LogP contribution is 1.98. The van der Waals surface area contributed by atoms with Crippen LogP contribution in [0.5, 0.6) is 0 Å². The Kier molecular flexibility index (Phi) is 17.4. The molecule has 0 rings (SSSR count). The Labute approximate surface area is 206 Å². The summed E-state index contributed by atoms with van der Waals surface area (Å²) in [6.07, 6.45) is -1.19. The van der Waals surface area contributed by atoms with Gasteiger partial charge in [-0.3, -0.25) is 0 Å². The predicted molar refractivity (Wildman–Crippen MR) is 120 cm³/mol. The molecular weight excluding hydrogens is 486 g/mol. The second kappa shape index (κ2) is 19.9. The minimum Gasteiger partial charge on any atom is -0.461 e. The summed E-state index contributed by atoms with van der Waals surface area (Å²) >= 11 is 0. The number of carbonyl (C=O) groups excluding carboxylic acids is 6. The van der Waals surface area contributed by atoms with Crippen molar-refractivity contribution in [2.24, 2.45) is 0 Å². The molecule has 3 N–H and O–H groups in total. The second-order valence-corrected chi connectivity index (χ2v) is 6.12. The first-order chi connectivity index (χ1) is 17.2. The van der Waals surface area contributed by atoms with Gasteiger partial charge in [-0.2, -0.15) is 0 Å². The summed E-state index contributed by atoms with van der Waals surface area (Å²) in [5, 5.41) is 6.86. The van der Waals surface area contributed by atoms with E-state index in [0.29, 0.717) is 0 Å². The first-order valence-corrected chi connectivity index (χ1v) is 10.3. The molecule has 0 aromatic rings. The molecule has 0 atom stereocenters. The normalized spacial score (nSPS) is 9.58. The fraction of sp³-hybridized carbons (Fsp3) is 0.429. The third kappa shape index (κ3) is 17.9. The van der Waals surface area contributed by atoms with Gasteiger partial charge in [0.1, 0.15) is 33.0 Å². The molecule has 0 aromatic heterocycles. The van der Waals surface area contributed by atoms with Crippen molar-refractivity contribution in [1.82, 2.24) is 16.0 Å². The molecule has 15 nitrogen and oxygen atoms in total. The highest BCUT2D eigenvalue weighted by molar-refractivity contribution is 5.82. The van der Waals surface area contributed by atoms with E-state index in [1.807, 2.05) is 0 Å².